The Morgan fingerprint density at radius 1 is 1.28 bits per heavy atom. The van der Waals surface area contributed by atoms with Crippen molar-refractivity contribution in [3.8, 4) is 0 Å². The van der Waals surface area contributed by atoms with Crippen molar-refractivity contribution in [3.05, 3.63) is 40.7 Å². The minimum atomic E-state index is -0.198. The first kappa shape index (κ1) is 18.5. The van der Waals surface area contributed by atoms with Crippen LogP contribution in [0.3, 0.4) is 0 Å². The van der Waals surface area contributed by atoms with Crippen LogP contribution >= 0.6 is 12.2 Å². The van der Waals surface area contributed by atoms with E-state index in [0.29, 0.717) is 6.61 Å². The maximum Gasteiger partial charge on any atom is 0.137 e. The van der Waals surface area contributed by atoms with E-state index in [2.05, 4.69) is 31.2 Å². The Morgan fingerprint density at radius 3 is 2.72 bits per heavy atom. The summed E-state index contributed by atoms with van der Waals surface area (Å²) in [6.45, 7) is 8.74. The minimum Gasteiger partial charge on any atom is -0.378 e. The highest BCUT2D eigenvalue weighted by Gasteiger charge is 2.37. The molecule has 0 bridgehead atoms. The fourth-order valence-electron chi connectivity index (χ4n) is 3.21. The van der Waals surface area contributed by atoms with E-state index < -0.39 is 0 Å². The standard InChI is InChI=1S/C20H27NO3S/c1-13-6-7-15-14(10-13)8-9-21(19(15)25)18-11-16(22-5)17(24-18)12-23-20(2,3)4/h6-10,16-18H,11-12H2,1-5H3/t16?,17-,18+/m1/s1. The third-order valence-corrected chi connectivity index (χ3v) is 4.99. The van der Waals surface area contributed by atoms with Crippen molar-refractivity contribution in [2.24, 2.45) is 0 Å². The molecule has 1 fully saturated rings. The van der Waals surface area contributed by atoms with Crippen LogP contribution in [0.4, 0.5) is 0 Å². The van der Waals surface area contributed by atoms with Gasteiger partial charge in [0.15, 0.2) is 0 Å². The molecule has 0 radical (unpaired) electrons. The highest BCUT2D eigenvalue weighted by Crippen LogP contribution is 2.33. The van der Waals surface area contributed by atoms with Gasteiger partial charge in [-0.05, 0) is 39.1 Å². The normalized spacial score (nSPS) is 24.1. The number of fused-ring (bicyclic) bond motifs is 1. The second kappa shape index (κ2) is 7.16. The summed E-state index contributed by atoms with van der Waals surface area (Å²) in [5.74, 6) is 0. The Kier molecular flexibility index (Phi) is 5.30. The number of rotatable bonds is 4. The first-order valence-electron chi connectivity index (χ1n) is 8.72. The first-order chi connectivity index (χ1) is 11.8. The van der Waals surface area contributed by atoms with Crippen LogP contribution in [-0.2, 0) is 14.2 Å². The average molecular weight is 362 g/mol. The van der Waals surface area contributed by atoms with Crippen molar-refractivity contribution in [3.63, 3.8) is 0 Å². The van der Waals surface area contributed by atoms with Crippen molar-refractivity contribution < 1.29 is 14.2 Å². The molecule has 25 heavy (non-hydrogen) atoms. The minimum absolute atomic E-state index is 0.00275. The van der Waals surface area contributed by atoms with Crippen LogP contribution in [0, 0.1) is 11.6 Å². The van der Waals surface area contributed by atoms with Crippen LogP contribution in [0.5, 0.6) is 0 Å². The lowest BCUT2D eigenvalue weighted by atomic mass is 10.1. The van der Waals surface area contributed by atoms with Crippen LogP contribution in [0.25, 0.3) is 10.8 Å². The van der Waals surface area contributed by atoms with Crippen molar-refractivity contribution >= 4 is 23.0 Å². The molecule has 1 aromatic heterocycles. The molecule has 0 N–H and O–H groups in total. The van der Waals surface area contributed by atoms with Gasteiger partial charge in [0.2, 0.25) is 0 Å². The van der Waals surface area contributed by atoms with Gasteiger partial charge in [-0.2, -0.15) is 0 Å². The van der Waals surface area contributed by atoms with Crippen LogP contribution in [0.15, 0.2) is 30.5 Å². The van der Waals surface area contributed by atoms with Gasteiger partial charge in [-0.1, -0.05) is 36.0 Å². The fourth-order valence-corrected chi connectivity index (χ4v) is 3.57. The molecule has 1 aromatic carbocycles. The van der Waals surface area contributed by atoms with Crippen molar-refractivity contribution in [1.29, 1.82) is 0 Å². The lowest BCUT2D eigenvalue weighted by molar-refractivity contribution is -0.103. The molecule has 0 amide bonds. The smallest absolute Gasteiger partial charge is 0.137 e. The number of methoxy groups -OCH3 is 1. The predicted octanol–water partition coefficient (Wildman–Crippen LogP) is 4.80. The highest BCUT2D eigenvalue weighted by molar-refractivity contribution is 7.71. The summed E-state index contributed by atoms with van der Waals surface area (Å²) in [6.07, 6.45) is 2.57. The molecule has 1 aliphatic rings. The summed E-state index contributed by atoms with van der Waals surface area (Å²) in [5.41, 5.74) is 1.03. The number of ether oxygens (including phenoxy) is 3. The largest absolute Gasteiger partial charge is 0.378 e. The Hall–Kier alpha value is -1.27. The summed E-state index contributed by atoms with van der Waals surface area (Å²) in [4.78, 5) is 0. The SMILES string of the molecule is COC1C[C@@H](n2ccc3cc(C)ccc3c2=S)O[C@@H]1COC(C)(C)C. The summed E-state index contributed by atoms with van der Waals surface area (Å²) < 4.78 is 20.6. The zero-order valence-corrected chi connectivity index (χ0v) is 16.4. The molecule has 1 saturated heterocycles. The molecule has 3 rings (SSSR count). The van der Waals surface area contributed by atoms with Gasteiger partial charge in [0.25, 0.3) is 0 Å². The summed E-state index contributed by atoms with van der Waals surface area (Å²) >= 11 is 5.72. The maximum atomic E-state index is 6.25. The monoisotopic (exact) mass is 361 g/mol. The predicted molar refractivity (Wildman–Crippen MR) is 103 cm³/mol. The lowest BCUT2D eigenvalue weighted by Gasteiger charge is -2.24. The van der Waals surface area contributed by atoms with E-state index in [4.69, 9.17) is 26.4 Å². The molecule has 0 aliphatic carbocycles. The van der Waals surface area contributed by atoms with Gasteiger partial charge < -0.3 is 18.8 Å². The maximum absolute atomic E-state index is 6.25. The number of aromatic nitrogens is 1. The van der Waals surface area contributed by atoms with Gasteiger partial charge in [-0.3, -0.25) is 0 Å². The van der Waals surface area contributed by atoms with Gasteiger partial charge >= 0.3 is 0 Å². The molecular formula is C20H27NO3S. The molecule has 4 nitrogen and oxygen atoms in total. The quantitative estimate of drug-likeness (QED) is 0.733. The van der Waals surface area contributed by atoms with Crippen LogP contribution in [0.2, 0.25) is 0 Å². The second-order valence-corrected chi connectivity index (χ2v) is 8.07. The van der Waals surface area contributed by atoms with Gasteiger partial charge in [-0.25, -0.2) is 0 Å². The summed E-state index contributed by atoms with van der Waals surface area (Å²) in [5, 5.41) is 2.24. The van der Waals surface area contributed by atoms with Crippen LogP contribution in [-0.4, -0.2) is 36.1 Å². The Bertz CT molecular complexity index is 809. The van der Waals surface area contributed by atoms with Gasteiger partial charge in [-0.15, -0.1) is 0 Å². The van der Waals surface area contributed by atoms with E-state index in [0.717, 1.165) is 21.8 Å². The van der Waals surface area contributed by atoms with E-state index in [-0.39, 0.29) is 24.0 Å². The fraction of sp³-hybridized carbons (Fsp3) is 0.550. The Balaban J connectivity index is 1.85. The van der Waals surface area contributed by atoms with E-state index >= 15 is 0 Å². The lowest BCUT2D eigenvalue weighted by Crippen LogP contribution is -2.32. The van der Waals surface area contributed by atoms with Crippen molar-refractivity contribution in [1.82, 2.24) is 4.57 Å². The van der Waals surface area contributed by atoms with Gasteiger partial charge in [0.05, 0.1) is 18.3 Å². The molecule has 136 valence electrons. The summed E-state index contributed by atoms with van der Waals surface area (Å²) in [6, 6.07) is 8.44. The number of benzene rings is 1. The van der Waals surface area contributed by atoms with Gasteiger partial charge in [0.1, 0.15) is 17.0 Å². The molecule has 3 atom stereocenters. The number of hydrogen-bond acceptors (Lipinski definition) is 4. The van der Waals surface area contributed by atoms with Crippen molar-refractivity contribution in [2.45, 2.75) is 58.2 Å². The zero-order chi connectivity index (χ0) is 18.2. The van der Waals surface area contributed by atoms with E-state index in [1.807, 2.05) is 31.5 Å². The Labute approximate surface area is 154 Å². The molecule has 1 unspecified atom stereocenters. The molecule has 0 spiro atoms. The molecule has 1 aliphatic heterocycles. The third kappa shape index (κ3) is 4.11. The molecule has 0 saturated carbocycles. The number of hydrogen-bond donors (Lipinski definition) is 0. The first-order valence-corrected chi connectivity index (χ1v) is 9.13. The molecule has 2 heterocycles. The van der Waals surface area contributed by atoms with Crippen molar-refractivity contribution in [2.75, 3.05) is 13.7 Å². The number of aryl methyl sites for hydroxylation is 1. The number of pyridine rings is 1. The van der Waals surface area contributed by atoms with E-state index in [9.17, 15) is 0 Å². The summed E-state index contributed by atoms with van der Waals surface area (Å²) in [7, 11) is 1.73. The molecular weight excluding hydrogens is 334 g/mol. The van der Waals surface area contributed by atoms with Crippen LogP contribution in [0.1, 0.15) is 39.0 Å². The number of nitrogens with zero attached hydrogens (tertiary/aromatic N) is 1. The zero-order valence-electron chi connectivity index (χ0n) is 15.6. The highest BCUT2D eigenvalue weighted by atomic mass is 32.1. The third-order valence-electron chi connectivity index (χ3n) is 4.56. The van der Waals surface area contributed by atoms with E-state index in [1.165, 1.54) is 5.56 Å². The molecule has 2 aromatic rings. The second-order valence-electron chi connectivity index (χ2n) is 7.68. The van der Waals surface area contributed by atoms with Gasteiger partial charge in [0, 0.05) is 25.1 Å². The van der Waals surface area contributed by atoms with Crippen LogP contribution < -0.4 is 0 Å². The average Bonchev–Trinajstić information content (AvgIpc) is 2.95. The Morgan fingerprint density at radius 2 is 2.04 bits per heavy atom. The van der Waals surface area contributed by atoms with E-state index in [1.54, 1.807) is 7.11 Å². The topological polar surface area (TPSA) is 32.6 Å². The molecule has 5 heteroatoms.